The molecule has 0 spiro atoms. The molecule has 0 saturated carbocycles. The van der Waals surface area contributed by atoms with Crippen molar-refractivity contribution in [3.63, 3.8) is 0 Å². The van der Waals surface area contributed by atoms with Gasteiger partial charge in [-0.15, -0.1) is 0 Å². The van der Waals surface area contributed by atoms with E-state index in [4.69, 9.17) is 4.74 Å². The average Bonchev–Trinajstić information content (AvgIpc) is 2.59. The molecular formula is C20H24N2O2. The molecule has 126 valence electrons. The summed E-state index contributed by atoms with van der Waals surface area (Å²) in [7, 11) is 4.07. The summed E-state index contributed by atoms with van der Waals surface area (Å²) in [4.78, 5) is 14.2. The Morgan fingerprint density at radius 2 is 1.79 bits per heavy atom. The number of hydrogen-bond acceptors (Lipinski definition) is 3. The first-order valence-corrected chi connectivity index (χ1v) is 8.06. The number of rotatable bonds is 8. The Morgan fingerprint density at radius 1 is 1.08 bits per heavy atom. The van der Waals surface area contributed by atoms with Gasteiger partial charge in [-0.25, -0.2) is 0 Å². The van der Waals surface area contributed by atoms with E-state index < -0.39 is 0 Å². The minimum atomic E-state index is -0.178. The van der Waals surface area contributed by atoms with Gasteiger partial charge in [0.05, 0.1) is 12.3 Å². The molecule has 0 radical (unpaired) electrons. The minimum Gasteiger partial charge on any atom is -0.491 e. The molecule has 0 fully saturated rings. The zero-order valence-electron chi connectivity index (χ0n) is 14.2. The van der Waals surface area contributed by atoms with Crippen LogP contribution in [0.5, 0.6) is 5.75 Å². The first-order chi connectivity index (χ1) is 11.6. The SMILES string of the molecule is CN(C)CCCOc1ccccc1NC(=O)/C=C/c1ccccc1. The first kappa shape index (κ1) is 17.8. The number of benzene rings is 2. The van der Waals surface area contributed by atoms with Crippen molar-refractivity contribution in [2.75, 3.05) is 32.6 Å². The largest absolute Gasteiger partial charge is 0.491 e. The van der Waals surface area contributed by atoms with Crippen molar-refractivity contribution in [2.24, 2.45) is 0 Å². The number of carbonyl (C=O) groups excluding carboxylic acids is 1. The monoisotopic (exact) mass is 324 g/mol. The van der Waals surface area contributed by atoms with E-state index in [0.717, 1.165) is 18.5 Å². The van der Waals surface area contributed by atoms with E-state index in [0.29, 0.717) is 18.0 Å². The number of anilines is 1. The number of amides is 1. The van der Waals surface area contributed by atoms with Crippen LogP contribution in [-0.2, 0) is 4.79 Å². The van der Waals surface area contributed by atoms with Crippen molar-refractivity contribution in [1.82, 2.24) is 4.90 Å². The molecule has 0 aliphatic heterocycles. The molecule has 0 heterocycles. The molecule has 4 heteroatoms. The van der Waals surface area contributed by atoms with Crippen molar-refractivity contribution < 1.29 is 9.53 Å². The van der Waals surface area contributed by atoms with Crippen LogP contribution in [0.2, 0.25) is 0 Å². The van der Waals surface area contributed by atoms with Crippen molar-refractivity contribution in [2.45, 2.75) is 6.42 Å². The van der Waals surface area contributed by atoms with Gasteiger partial charge >= 0.3 is 0 Å². The van der Waals surface area contributed by atoms with Gasteiger partial charge in [-0.05, 0) is 44.3 Å². The van der Waals surface area contributed by atoms with Crippen molar-refractivity contribution >= 4 is 17.7 Å². The van der Waals surface area contributed by atoms with Crippen LogP contribution in [0, 0.1) is 0 Å². The molecule has 2 rings (SSSR count). The van der Waals surface area contributed by atoms with Gasteiger partial charge in [-0.3, -0.25) is 4.79 Å². The molecule has 1 amide bonds. The average molecular weight is 324 g/mol. The van der Waals surface area contributed by atoms with Gasteiger partial charge in [0, 0.05) is 12.6 Å². The predicted octanol–water partition coefficient (Wildman–Crippen LogP) is 3.67. The van der Waals surface area contributed by atoms with E-state index >= 15 is 0 Å². The zero-order chi connectivity index (χ0) is 17.2. The fourth-order valence-corrected chi connectivity index (χ4v) is 2.17. The van der Waals surface area contributed by atoms with Crippen LogP contribution in [0.25, 0.3) is 6.08 Å². The van der Waals surface area contributed by atoms with Crippen LogP contribution in [0.4, 0.5) is 5.69 Å². The molecule has 0 bridgehead atoms. The lowest BCUT2D eigenvalue weighted by molar-refractivity contribution is -0.111. The summed E-state index contributed by atoms with van der Waals surface area (Å²) >= 11 is 0. The zero-order valence-corrected chi connectivity index (χ0v) is 14.2. The minimum absolute atomic E-state index is 0.178. The fraction of sp³-hybridized carbons (Fsp3) is 0.250. The van der Waals surface area contributed by atoms with Crippen LogP contribution in [-0.4, -0.2) is 38.1 Å². The van der Waals surface area contributed by atoms with E-state index in [-0.39, 0.29) is 5.91 Å². The predicted molar refractivity (Wildman–Crippen MR) is 99.2 cm³/mol. The van der Waals surface area contributed by atoms with Gasteiger partial charge < -0.3 is 15.0 Å². The molecule has 1 N–H and O–H groups in total. The quantitative estimate of drug-likeness (QED) is 0.595. The highest BCUT2D eigenvalue weighted by atomic mass is 16.5. The number of carbonyl (C=O) groups is 1. The van der Waals surface area contributed by atoms with E-state index in [1.54, 1.807) is 6.08 Å². The summed E-state index contributed by atoms with van der Waals surface area (Å²) in [5.74, 6) is 0.515. The third-order valence-electron chi connectivity index (χ3n) is 3.38. The van der Waals surface area contributed by atoms with Crippen molar-refractivity contribution in [3.05, 3.63) is 66.2 Å². The number of para-hydroxylation sites is 2. The Balaban J connectivity index is 1.91. The molecule has 2 aromatic carbocycles. The maximum atomic E-state index is 12.1. The van der Waals surface area contributed by atoms with Crippen molar-refractivity contribution in [3.8, 4) is 5.75 Å². The summed E-state index contributed by atoms with van der Waals surface area (Å²) in [5.41, 5.74) is 1.67. The van der Waals surface area contributed by atoms with Crippen LogP contribution in [0.1, 0.15) is 12.0 Å². The summed E-state index contributed by atoms with van der Waals surface area (Å²) in [6, 6.07) is 17.2. The van der Waals surface area contributed by atoms with Crippen LogP contribution < -0.4 is 10.1 Å². The maximum absolute atomic E-state index is 12.1. The fourth-order valence-electron chi connectivity index (χ4n) is 2.17. The highest BCUT2D eigenvalue weighted by molar-refractivity contribution is 6.02. The van der Waals surface area contributed by atoms with Crippen LogP contribution in [0.15, 0.2) is 60.7 Å². The third kappa shape index (κ3) is 6.26. The molecule has 0 aliphatic rings. The molecule has 4 nitrogen and oxygen atoms in total. The Bertz CT molecular complexity index is 666. The molecule has 0 atom stereocenters. The highest BCUT2D eigenvalue weighted by Crippen LogP contribution is 2.23. The molecule has 2 aromatic rings. The van der Waals surface area contributed by atoms with E-state index in [1.807, 2.05) is 68.7 Å². The standard InChI is InChI=1S/C20H24N2O2/c1-22(2)15-8-16-24-19-12-7-6-11-18(19)21-20(23)14-13-17-9-4-3-5-10-17/h3-7,9-14H,8,15-16H2,1-2H3,(H,21,23)/b14-13+. The molecular weight excluding hydrogens is 300 g/mol. The Hall–Kier alpha value is -2.59. The van der Waals surface area contributed by atoms with E-state index in [1.165, 1.54) is 6.08 Å². The number of nitrogens with zero attached hydrogens (tertiary/aromatic N) is 1. The molecule has 0 aromatic heterocycles. The van der Waals surface area contributed by atoms with Gasteiger partial charge in [0.1, 0.15) is 5.75 Å². The summed E-state index contributed by atoms with van der Waals surface area (Å²) < 4.78 is 5.79. The third-order valence-corrected chi connectivity index (χ3v) is 3.38. The summed E-state index contributed by atoms with van der Waals surface area (Å²) in [6.07, 6.45) is 4.25. The second kappa shape index (κ2) is 9.53. The Kier molecular flexibility index (Phi) is 7.05. The van der Waals surface area contributed by atoms with Gasteiger partial charge in [0.15, 0.2) is 0 Å². The van der Waals surface area contributed by atoms with Gasteiger partial charge in [0.25, 0.3) is 0 Å². The van der Waals surface area contributed by atoms with E-state index in [2.05, 4.69) is 10.2 Å². The maximum Gasteiger partial charge on any atom is 0.248 e. The van der Waals surface area contributed by atoms with Gasteiger partial charge in [-0.2, -0.15) is 0 Å². The van der Waals surface area contributed by atoms with Gasteiger partial charge in [0.2, 0.25) is 5.91 Å². The number of ether oxygens (including phenoxy) is 1. The first-order valence-electron chi connectivity index (χ1n) is 8.06. The molecule has 0 unspecified atom stereocenters. The Morgan fingerprint density at radius 3 is 2.54 bits per heavy atom. The second-order valence-corrected chi connectivity index (χ2v) is 5.73. The lowest BCUT2D eigenvalue weighted by atomic mass is 10.2. The lowest BCUT2D eigenvalue weighted by Crippen LogP contribution is -2.16. The molecule has 0 aliphatic carbocycles. The summed E-state index contributed by atoms with van der Waals surface area (Å²) in [5, 5.41) is 2.87. The van der Waals surface area contributed by atoms with E-state index in [9.17, 15) is 4.79 Å². The second-order valence-electron chi connectivity index (χ2n) is 5.73. The lowest BCUT2D eigenvalue weighted by Gasteiger charge is -2.13. The normalized spacial score (nSPS) is 11.0. The molecule has 0 saturated heterocycles. The van der Waals surface area contributed by atoms with Gasteiger partial charge in [-0.1, -0.05) is 42.5 Å². The number of nitrogens with one attached hydrogen (secondary N) is 1. The van der Waals surface area contributed by atoms with Crippen LogP contribution in [0.3, 0.4) is 0 Å². The Labute approximate surface area is 143 Å². The highest BCUT2D eigenvalue weighted by Gasteiger charge is 2.05. The van der Waals surface area contributed by atoms with Crippen molar-refractivity contribution in [1.29, 1.82) is 0 Å². The molecule has 24 heavy (non-hydrogen) atoms. The summed E-state index contributed by atoms with van der Waals surface area (Å²) in [6.45, 7) is 1.58. The topological polar surface area (TPSA) is 41.6 Å². The number of hydrogen-bond donors (Lipinski definition) is 1. The van der Waals surface area contributed by atoms with Crippen LogP contribution >= 0.6 is 0 Å². The smallest absolute Gasteiger partial charge is 0.248 e.